The molecule has 88 valence electrons. The van der Waals surface area contributed by atoms with Crippen LogP contribution in [-0.2, 0) is 0 Å². The van der Waals surface area contributed by atoms with Gasteiger partial charge >= 0.3 is 0 Å². The first kappa shape index (κ1) is 11.4. The number of hydrogen-bond acceptors (Lipinski definition) is 2. The van der Waals surface area contributed by atoms with E-state index in [0.29, 0.717) is 0 Å². The highest BCUT2D eigenvalue weighted by Crippen LogP contribution is 2.28. The number of piperidine rings is 1. The second-order valence-corrected chi connectivity index (χ2v) is 5.58. The highest BCUT2D eigenvalue weighted by atomic mass is 15.0. The molecule has 1 aliphatic heterocycles. The quantitative estimate of drug-likeness (QED) is 0.746. The van der Waals surface area contributed by atoms with E-state index in [1.54, 1.807) is 0 Å². The highest BCUT2D eigenvalue weighted by Gasteiger charge is 2.26. The van der Waals surface area contributed by atoms with E-state index in [4.69, 9.17) is 0 Å². The van der Waals surface area contributed by atoms with Crippen LogP contribution in [0.1, 0.15) is 46.0 Å². The monoisotopic (exact) mass is 210 g/mol. The normalized spacial score (nSPS) is 35.6. The summed E-state index contributed by atoms with van der Waals surface area (Å²) in [5.74, 6) is 1.75. The van der Waals surface area contributed by atoms with Gasteiger partial charge in [0.2, 0.25) is 0 Å². The van der Waals surface area contributed by atoms with Gasteiger partial charge in [-0.15, -0.1) is 0 Å². The van der Waals surface area contributed by atoms with Crippen molar-refractivity contribution in [3.8, 4) is 0 Å². The van der Waals surface area contributed by atoms with Crippen molar-refractivity contribution in [3.05, 3.63) is 0 Å². The van der Waals surface area contributed by atoms with Gasteiger partial charge in [-0.05, 0) is 51.1 Å². The fraction of sp³-hybridized carbons (Fsp3) is 1.00. The predicted molar refractivity (Wildman–Crippen MR) is 65.0 cm³/mol. The van der Waals surface area contributed by atoms with Gasteiger partial charge in [-0.1, -0.05) is 19.8 Å². The smallest absolute Gasteiger partial charge is 0.0119 e. The third-order valence-corrected chi connectivity index (χ3v) is 4.37. The Morgan fingerprint density at radius 1 is 1.20 bits per heavy atom. The first-order valence-electron chi connectivity index (χ1n) is 6.74. The highest BCUT2D eigenvalue weighted by molar-refractivity contribution is 4.85. The molecule has 2 aliphatic rings. The lowest BCUT2D eigenvalue weighted by molar-refractivity contribution is 0.246. The van der Waals surface area contributed by atoms with Gasteiger partial charge in [0.25, 0.3) is 0 Å². The Bertz CT molecular complexity index is 187. The largest absolute Gasteiger partial charge is 0.316 e. The van der Waals surface area contributed by atoms with Crippen LogP contribution in [0.15, 0.2) is 0 Å². The molecule has 0 radical (unpaired) electrons. The molecule has 3 unspecified atom stereocenters. The topological polar surface area (TPSA) is 24.1 Å². The lowest BCUT2D eigenvalue weighted by atomic mass is 9.92. The van der Waals surface area contributed by atoms with Crippen molar-refractivity contribution in [2.75, 3.05) is 13.1 Å². The van der Waals surface area contributed by atoms with Crippen molar-refractivity contribution in [2.24, 2.45) is 11.8 Å². The molecule has 0 aromatic carbocycles. The number of hydrogen-bond donors (Lipinski definition) is 2. The number of nitrogens with one attached hydrogen (secondary N) is 2. The molecule has 0 bridgehead atoms. The molecule has 1 saturated heterocycles. The average Bonchev–Trinajstić information content (AvgIpc) is 2.74. The Morgan fingerprint density at radius 2 is 1.93 bits per heavy atom. The summed E-state index contributed by atoms with van der Waals surface area (Å²) in [7, 11) is 0. The van der Waals surface area contributed by atoms with Crippen LogP contribution < -0.4 is 10.6 Å². The van der Waals surface area contributed by atoms with Crippen LogP contribution in [0.5, 0.6) is 0 Å². The molecular formula is C13H26N2. The minimum absolute atomic E-state index is 0.734. The standard InChI is InChI=1S/C13H26N2/c1-10-9-14-8-7-13(10)15-11(2)12-5-3-4-6-12/h10-15H,3-9H2,1-2H3. The molecule has 1 aliphatic carbocycles. The van der Waals surface area contributed by atoms with Gasteiger partial charge in [0.05, 0.1) is 0 Å². The third-order valence-electron chi connectivity index (χ3n) is 4.37. The first-order chi connectivity index (χ1) is 7.27. The van der Waals surface area contributed by atoms with Gasteiger partial charge in [-0.2, -0.15) is 0 Å². The predicted octanol–water partition coefficient (Wildman–Crippen LogP) is 2.15. The molecule has 2 nitrogen and oxygen atoms in total. The van der Waals surface area contributed by atoms with Crippen LogP contribution in [0.4, 0.5) is 0 Å². The van der Waals surface area contributed by atoms with Crippen LogP contribution in [0, 0.1) is 11.8 Å². The summed E-state index contributed by atoms with van der Waals surface area (Å²) in [5, 5.41) is 7.34. The summed E-state index contributed by atoms with van der Waals surface area (Å²) in [6.07, 6.45) is 7.12. The Balaban J connectivity index is 1.78. The summed E-state index contributed by atoms with van der Waals surface area (Å²) in [5.41, 5.74) is 0. The summed E-state index contributed by atoms with van der Waals surface area (Å²) in [6, 6.07) is 1.49. The molecule has 2 heteroatoms. The molecule has 15 heavy (non-hydrogen) atoms. The summed E-state index contributed by atoms with van der Waals surface area (Å²) >= 11 is 0. The summed E-state index contributed by atoms with van der Waals surface area (Å²) in [4.78, 5) is 0. The summed E-state index contributed by atoms with van der Waals surface area (Å²) < 4.78 is 0. The van der Waals surface area contributed by atoms with E-state index >= 15 is 0 Å². The lowest BCUT2D eigenvalue weighted by Crippen LogP contribution is -2.50. The van der Waals surface area contributed by atoms with Crippen molar-refractivity contribution in [3.63, 3.8) is 0 Å². The van der Waals surface area contributed by atoms with Crippen LogP contribution >= 0.6 is 0 Å². The summed E-state index contributed by atoms with van der Waals surface area (Å²) in [6.45, 7) is 7.14. The van der Waals surface area contributed by atoms with Crippen molar-refractivity contribution in [2.45, 2.75) is 58.0 Å². The van der Waals surface area contributed by atoms with E-state index in [9.17, 15) is 0 Å². The Hall–Kier alpha value is -0.0800. The van der Waals surface area contributed by atoms with Gasteiger partial charge in [0, 0.05) is 12.1 Å². The molecule has 2 fully saturated rings. The fourth-order valence-electron chi connectivity index (χ4n) is 3.19. The molecule has 2 rings (SSSR count). The van der Waals surface area contributed by atoms with Gasteiger partial charge in [-0.3, -0.25) is 0 Å². The molecule has 3 atom stereocenters. The number of rotatable bonds is 3. The molecule has 1 saturated carbocycles. The second kappa shape index (κ2) is 5.31. The molecule has 0 aromatic rings. The molecule has 2 N–H and O–H groups in total. The average molecular weight is 210 g/mol. The maximum Gasteiger partial charge on any atom is 0.0119 e. The zero-order chi connectivity index (χ0) is 10.7. The van der Waals surface area contributed by atoms with Crippen LogP contribution in [-0.4, -0.2) is 25.2 Å². The maximum absolute atomic E-state index is 3.87. The molecule has 0 spiro atoms. The lowest BCUT2D eigenvalue weighted by Gasteiger charge is -2.34. The van der Waals surface area contributed by atoms with Gasteiger partial charge in [-0.25, -0.2) is 0 Å². The second-order valence-electron chi connectivity index (χ2n) is 5.58. The molecule has 0 amide bonds. The van der Waals surface area contributed by atoms with E-state index in [2.05, 4.69) is 24.5 Å². The van der Waals surface area contributed by atoms with E-state index in [-0.39, 0.29) is 0 Å². The van der Waals surface area contributed by atoms with Crippen LogP contribution in [0.3, 0.4) is 0 Å². The van der Waals surface area contributed by atoms with Gasteiger partial charge in [0.1, 0.15) is 0 Å². The van der Waals surface area contributed by atoms with E-state index in [0.717, 1.165) is 23.9 Å². The fourth-order valence-corrected chi connectivity index (χ4v) is 3.19. The van der Waals surface area contributed by atoms with E-state index in [1.165, 1.54) is 45.2 Å². The van der Waals surface area contributed by atoms with Gasteiger partial charge < -0.3 is 10.6 Å². The minimum Gasteiger partial charge on any atom is -0.316 e. The zero-order valence-electron chi connectivity index (χ0n) is 10.3. The first-order valence-corrected chi connectivity index (χ1v) is 6.74. The minimum atomic E-state index is 0.734. The SMILES string of the molecule is CC1CNCCC1NC(C)C1CCCC1. The van der Waals surface area contributed by atoms with Crippen molar-refractivity contribution in [1.29, 1.82) is 0 Å². The molecule has 0 aromatic heterocycles. The van der Waals surface area contributed by atoms with Crippen LogP contribution in [0.2, 0.25) is 0 Å². The van der Waals surface area contributed by atoms with Crippen molar-refractivity contribution >= 4 is 0 Å². The van der Waals surface area contributed by atoms with Crippen molar-refractivity contribution < 1.29 is 0 Å². The zero-order valence-corrected chi connectivity index (χ0v) is 10.3. The molecule has 1 heterocycles. The Morgan fingerprint density at radius 3 is 2.60 bits per heavy atom. The van der Waals surface area contributed by atoms with E-state index in [1.807, 2.05) is 0 Å². The van der Waals surface area contributed by atoms with Crippen LogP contribution in [0.25, 0.3) is 0 Å². The third kappa shape index (κ3) is 2.94. The Labute approximate surface area is 94.2 Å². The molecular weight excluding hydrogens is 184 g/mol. The maximum atomic E-state index is 3.87. The van der Waals surface area contributed by atoms with Gasteiger partial charge in [0.15, 0.2) is 0 Å². The van der Waals surface area contributed by atoms with E-state index < -0.39 is 0 Å². The Kier molecular flexibility index (Phi) is 4.04. The van der Waals surface area contributed by atoms with Crippen molar-refractivity contribution in [1.82, 2.24) is 10.6 Å².